The van der Waals surface area contributed by atoms with Crippen LogP contribution in [0, 0.1) is 0 Å². The topological polar surface area (TPSA) is 41.5 Å². The fourth-order valence-electron chi connectivity index (χ4n) is 2.69. The number of unbranched alkanes of at least 4 members (excludes halogenated alkanes) is 5. The van der Waals surface area contributed by atoms with Crippen LogP contribution < -0.4 is 5.43 Å². The second-order valence-corrected chi connectivity index (χ2v) is 6.00. The van der Waals surface area contributed by atoms with Gasteiger partial charge in [-0.15, -0.1) is 0 Å². The predicted octanol–water partition coefficient (Wildman–Crippen LogP) is 4.95. The second kappa shape index (κ2) is 11.9. The molecule has 1 N–H and O–H groups in total. The highest BCUT2D eigenvalue weighted by Gasteiger charge is 2.06. The highest BCUT2D eigenvalue weighted by atomic mass is 16.2. The quantitative estimate of drug-likeness (QED) is 0.496. The number of hydrogen-bond acceptors (Lipinski definition) is 2. The van der Waals surface area contributed by atoms with E-state index in [-0.39, 0.29) is 5.91 Å². The van der Waals surface area contributed by atoms with Gasteiger partial charge >= 0.3 is 0 Å². The summed E-state index contributed by atoms with van der Waals surface area (Å²) in [6.07, 6.45) is 16.5. The molecule has 1 aliphatic rings. The number of amides is 1. The number of nitrogens with one attached hydrogen (secondary N) is 1. The van der Waals surface area contributed by atoms with Crippen molar-refractivity contribution in [3.63, 3.8) is 0 Å². The fourth-order valence-corrected chi connectivity index (χ4v) is 2.69. The molecule has 1 saturated carbocycles. The summed E-state index contributed by atoms with van der Waals surface area (Å²) in [5.74, 6) is 0.0926. The van der Waals surface area contributed by atoms with Crippen molar-refractivity contribution in [2.24, 2.45) is 5.10 Å². The number of rotatable bonds is 8. The fraction of sp³-hybridized carbons (Fsp3) is 0.882. The largest absolute Gasteiger partial charge is 0.273 e. The molecule has 116 valence electrons. The maximum atomic E-state index is 11.7. The van der Waals surface area contributed by atoms with Gasteiger partial charge in [-0.2, -0.15) is 5.10 Å². The molecule has 1 rings (SSSR count). The van der Waals surface area contributed by atoms with Crippen molar-refractivity contribution in [3.8, 4) is 0 Å². The SMILES string of the molecule is CCCCCCCCC(=O)NN=C1CCCCCCC1. The Kier molecular flexibility index (Phi) is 10.3. The minimum absolute atomic E-state index is 0.0926. The molecule has 1 aliphatic carbocycles. The van der Waals surface area contributed by atoms with Crippen LogP contribution in [0.25, 0.3) is 0 Å². The molecule has 0 aliphatic heterocycles. The van der Waals surface area contributed by atoms with Crippen LogP contribution in [-0.2, 0) is 4.79 Å². The summed E-state index contributed by atoms with van der Waals surface area (Å²) < 4.78 is 0. The summed E-state index contributed by atoms with van der Waals surface area (Å²) in [4.78, 5) is 11.7. The van der Waals surface area contributed by atoms with Gasteiger partial charge in [0.1, 0.15) is 0 Å². The average Bonchev–Trinajstić information content (AvgIpc) is 2.41. The highest BCUT2D eigenvalue weighted by molar-refractivity contribution is 5.86. The van der Waals surface area contributed by atoms with Crippen molar-refractivity contribution in [2.75, 3.05) is 0 Å². The lowest BCUT2D eigenvalue weighted by atomic mass is 9.99. The van der Waals surface area contributed by atoms with E-state index in [2.05, 4.69) is 17.5 Å². The lowest BCUT2D eigenvalue weighted by molar-refractivity contribution is -0.121. The number of nitrogens with zero attached hydrogens (tertiary/aromatic N) is 1. The normalized spacial score (nSPS) is 16.4. The third-order valence-corrected chi connectivity index (χ3v) is 4.03. The number of carbonyl (C=O) groups is 1. The Hall–Kier alpha value is -0.860. The summed E-state index contributed by atoms with van der Waals surface area (Å²) in [5.41, 5.74) is 3.95. The van der Waals surface area contributed by atoms with E-state index < -0.39 is 0 Å². The molecule has 1 amide bonds. The van der Waals surface area contributed by atoms with Gasteiger partial charge in [0.05, 0.1) is 0 Å². The Bertz CT molecular complexity index is 277. The zero-order chi connectivity index (χ0) is 14.5. The van der Waals surface area contributed by atoms with E-state index in [9.17, 15) is 4.79 Å². The minimum Gasteiger partial charge on any atom is -0.273 e. The van der Waals surface area contributed by atoms with Gasteiger partial charge in [-0.05, 0) is 32.1 Å². The van der Waals surface area contributed by atoms with Crippen molar-refractivity contribution >= 4 is 11.6 Å². The van der Waals surface area contributed by atoms with Crippen LogP contribution in [0.3, 0.4) is 0 Å². The third kappa shape index (κ3) is 9.11. The minimum atomic E-state index is 0.0926. The third-order valence-electron chi connectivity index (χ3n) is 4.03. The van der Waals surface area contributed by atoms with Gasteiger partial charge in [-0.3, -0.25) is 4.79 Å². The van der Waals surface area contributed by atoms with Gasteiger partial charge in [0.15, 0.2) is 0 Å². The van der Waals surface area contributed by atoms with Crippen molar-refractivity contribution < 1.29 is 4.79 Å². The summed E-state index contributed by atoms with van der Waals surface area (Å²) >= 11 is 0. The first-order valence-corrected chi connectivity index (χ1v) is 8.67. The monoisotopic (exact) mass is 280 g/mol. The predicted molar refractivity (Wildman–Crippen MR) is 85.9 cm³/mol. The van der Waals surface area contributed by atoms with Gasteiger partial charge < -0.3 is 0 Å². The molecule has 3 nitrogen and oxygen atoms in total. The molecule has 0 saturated heterocycles. The van der Waals surface area contributed by atoms with Crippen LogP contribution in [0.5, 0.6) is 0 Å². The molecule has 0 aromatic rings. The molecule has 0 bridgehead atoms. The van der Waals surface area contributed by atoms with E-state index in [0.717, 1.165) is 19.3 Å². The summed E-state index contributed by atoms with van der Waals surface area (Å²) in [7, 11) is 0. The van der Waals surface area contributed by atoms with Gasteiger partial charge in [-0.25, -0.2) is 5.43 Å². The smallest absolute Gasteiger partial charge is 0.240 e. The molecular formula is C17H32N2O. The molecule has 0 atom stereocenters. The van der Waals surface area contributed by atoms with Crippen LogP contribution in [0.4, 0.5) is 0 Å². The van der Waals surface area contributed by atoms with E-state index in [1.807, 2.05) is 0 Å². The molecule has 0 heterocycles. The first-order chi connectivity index (χ1) is 9.83. The van der Waals surface area contributed by atoms with Crippen LogP contribution >= 0.6 is 0 Å². The summed E-state index contributed by atoms with van der Waals surface area (Å²) in [5, 5.41) is 4.33. The Morgan fingerprint density at radius 1 is 0.950 bits per heavy atom. The maximum absolute atomic E-state index is 11.7. The molecule has 1 fully saturated rings. The van der Waals surface area contributed by atoms with Crippen LogP contribution in [0.15, 0.2) is 5.10 Å². The first-order valence-electron chi connectivity index (χ1n) is 8.67. The van der Waals surface area contributed by atoms with Crippen molar-refractivity contribution in [1.29, 1.82) is 0 Å². The zero-order valence-corrected chi connectivity index (χ0v) is 13.3. The Morgan fingerprint density at radius 3 is 2.25 bits per heavy atom. The number of carbonyl (C=O) groups excluding carboxylic acids is 1. The molecule has 0 unspecified atom stereocenters. The average molecular weight is 280 g/mol. The molecule has 20 heavy (non-hydrogen) atoms. The standard InChI is InChI=1S/C17H32N2O/c1-2-3-4-5-9-12-15-17(20)19-18-16-13-10-7-6-8-11-14-16/h2-15H2,1H3,(H,19,20). The van der Waals surface area contributed by atoms with Crippen LogP contribution in [0.1, 0.15) is 96.8 Å². The highest BCUT2D eigenvalue weighted by Crippen LogP contribution is 2.14. The second-order valence-electron chi connectivity index (χ2n) is 6.00. The Balaban J connectivity index is 2.08. The summed E-state index contributed by atoms with van der Waals surface area (Å²) in [6.45, 7) is 2.22. The molecule has 0 aromatic carbocycles. The van der Waals surface area contributed by atoms with Gasteiger partial charge in [0, 0.05) is 12.1 Å². The molecule has 0 aromatic heterocycles. The molecular weight excluding hydrogens is 248 g/mol. The number of hydrogen-bond donors (Lipinski definition) is 1. The maximum Gasteiger partial charge on any atom is 0.240 e. The molecule has 3 heteroatoms. The Labute approximate surface area is 124 Å². The van der Waals surface area contributed by atoms with E-state index >= 15 is 0 Å². The molecule has 0 spiro atoms. The van der Waals surface area contributed by atoms with Gasteiger partial charge in [-0.1, -0.05) is 58.3 Å². The zero-order valence-electron chi connectivity index (χ0n) is 13.3. The lowest BCUT2D eigenvalue weighted by Gasteiger charge is -2.10. The van der Waals surface area contributed by atoms with Crippen molar-refractivity contribution in [3.05, 3.63) is 0 Å². The van der Waals surface area contributed by atoms with Gasteiger partial charge in [0.25, 0.3) is 0 Å². The van der Waals surface area contributed by atoms with E-state index in [0.29, 0.717) is 6.42 Å². The van der Waals surface area contributed by atoms with E-state index in [1.165, 1.54) is 69.9 Å². The first kappa shape index (κ1) is 17.2. The van der Waals surface area contributed by atoms with E-state index in [1.54, 1.807) is 0 Å². The van der Waals surface area contributed by atoms with Crippen molar-refractivity contribution in [1.82, 2.24) is 5.43 Å². The Morgan fingerprint density at radius 2 is 1.55 bits per heavy atom. The van der Waals surface area contributed by atoms with Crippen LogP contribution in [-0.4, -0.2) is 11.6 Å². The van der Waals surface area contributed by atoms with Crippen LogP contribution in [0.2, 0.25) is 0 Å². The molecule has 0 radical (unpaired) electrons. The van der Waals surface area contributed by atoms with E-state index in [4.69, 9.17) is 0 Å². The summed E-state index contributed by atoms with van der Waals surface area (Å²) in [6, 6.07) is 0. The number of hydrazone groups is 1. The lowest BCUT2D eigenvalue weighted by Crippen LogP contribution is -2.19. The van der Waals surface area contributed by atoms with Crippen molar-refractivity contribution in [2.45, 2.75) is 96.8 Å². The van der Waals surface area contributed by atoms with Gasteiger partial charge in [0.2, 0.25) is 5.91 Å².